The molecular formula is C14H18N4O2. The Bertz CT molecular complexity index is 618. The van der Waals surface area contributed by atoms with Crippen LogP contribution in [0.1, 0.15) is 0 Å². The van der Waals surface area contributed by atoms with Crippen LogP contribution in [0, 0.1) is 0 Å². The molecule has 0 saturated heterocycles. The van der Waals surface area contributed by atoms with Crippen LogP contribution in [0.4, 0.5) is 5.69 Å². The number of nitrogens with one attached hydrogen (secondary N) is 3. The minimum Gasteiger partial charge on any atom is -0.361 e. The van der Waals surface area contributed by atoms with Gasteiger partial charge in [-0.1, -0.05) is 6.07 Å². The summed E-state index contributed by atoms with van der Waals surface area (Å²) < 4.78 is 0. The summed E-state index contributed by atoms with van der Waals surface area (Å²) in [6.07, 6.45) is 1.79. The SMILES string of the molecule is CN(C)CCNC(=O)C(=O)Nc1cccc2[nH]ccc12. The van der Waals surface area contributed by atoms with Crippen LogP contribution in [0.25, 0.3) is 10.9 Å². The molecule has 6 nitrogen and oxygen atoms in total. The maximum atomic E-state index is 11.8. The molecule has 1 aromatic heterocycles. The summed E-state index contributed by atoms with van der Waals surface area (Å²) in [7, 11) is 3.80. The standard InChI is InChI=1S/C14H18N4O2/c1-18(2)9-8-16-13(19)14(20)17-12-5-3-4-11-10(12)6-7-15-11/h3-7,15H,8-9H2,1-2H3,(H,16,19)(H,17,20). The van der Waals surface area contributed by atoms with Gasteiger partial charge in [0.05, 0.1) is 5.69 Å². The van der Waals surface area contributed by atoms with Gasteiger partial charge in [0.2, 0.25) is 0 Å². The number of amides is 2. The molecule has 0 saturated carbocycles. The molecule has 1 aromatic carbocycles. The van der Waals surface area contributed by atoms with E-state index in [1.807, 2.05) is 37.2 Å². The summed E-state index contributed by atoms with van der Waals surface area (Å²) in [4.78, 5) is 28.4. The molecule has 0 fully saturated rings. The van der Waals surface area contributed by atoms with Crippen molar-refractivity contribution in [1.29, 1.82) is 0 Å². The van der Waals surface area contributed by atoms with Crippen molar-refractivity contribution in [3.63, 3.8) is 0 Å². The van der Waals surface area contributed by atoms with Crippen molar-refractivity contribution in [2.75, 3.05) is 32.5 Å². The monoisotopic (exact) mass is 274 g/mol. The maximum absolute atomic E-state index is 11.8. The van der Waals surface area contributed by atoms with Crippen molar-refractivity contribution in [2.24, 2.45) is 0 Å². The Hall–Kier alpha value is -2.34. The number of fused-ring (bicyclic) bond motifs is 1. The van der Waals surface area contributed by atoms with Gasteiger partial charge in [-0.25, -0.2) is 0 Å². The third-order valence-electron chi connectivity index (χ3n) is 2.89. The van der Waals surface area contributed by atoms with Gasteiger partial charge in [-0.15, -0.1) is 0 Å². The number of H-pyrrole nitrogens is 1. The number of anilines is 1. The van der Waals surface area contributed by atoms with Crippen molar-refractivity contribution in [2.45, 2.75) is 0 Å². The number of hydrogen-bond donors (Lipinski definition) is 3. The quantitative estimate of drug-likeness (QED) is 0.721. The highest BCUT2D eigenvalue weighted by molar-refractivity contribution is 6.40. The summed E-state index contributed by atoms with van der Waals surface area (Å²) in [5.74, 6) is -1.28. The maximum Gasteiger partial charge on any atom is 0.313 e. The Morgan fingerprint density at radius 1 is 1.20 bits per heavy atom. The van der Waals surface area contributed by atoms with E-state index >= 15 is 0 Å². The smallest absolute Gasteiger partial charge is 0.313 e. The highest BCUT2D eigenvalue weighted by Gasteiger charge is 2.14. The molecular weight excluding hydrogens is 256 g/mol. The topological polar surface area (TPSA) is 77.2 Å². The lowest BCUT2D eigenvalue weighted by molar-refractivity contribution is -0.136. The van der Waals surface area contributed by atoms with Crippen molar-refractivity contribution >= 4 is 28.4 Å². The molecule has 2 aromatic rings. The van der Waals surface area contributed by atoms with E-state index in [0.717, 1.165) is 10.9 Å². The second-order valence-corrected chi connectivity index (χ2v) is 4.76. The predicted molar refractivity (Wildman–Crippen MR) is 78.5 cm³/mol. The van der Waals surface area contributed by atoms with Crippen LogP contribution >= 0.6 is 0 Å². The van der Waals surface area contributed by atoms with E-state index in [1.165, 1.54) is 0 Å². The summed E-state index contributed by atoms with van der Waals surface area (Å²) in [6, 6.07) is 7.34. The first-order valence-electron chi connectivity index (χ1n) is 6.38. The van der Waals surface area contributed by atoms with Gasteiger partial charge in [0.1, 0.15) is 0 Å². The number of aromatic amines is 1. The van der Waals surface area contributed by atoms with Gasteiger partial charge in [0, 0.05) is 30.2 Å². The molecule has 1 heterocycles. The number of benzene rings is 1. The molecule has 0 aliphatic carbocycles. The highest BCUT2D eigenvalue weighted by atomic mass is 16.2. The third kappa shape index (κ3) is 3.36. The Morgan fingerprint density at radius 2 is 2.00 bits per heavy atom. The van der Waals surface area contributed by atoms with E-state index in [2.05, 4.69) is 15.6 Å². The summed E-state index contributed by atoms with van der Waals surface area (Å²) in [6.45, 7) is 1.13. The van der Waals surface area contributed by atoms with Crippen LogP contribution in [0.15, 0.2) is 30.5 Å². The average molecular weight is 274 g/mol. The number of nitrogens with zero attached hydrogens (tertiary/aromatic N) is 1. The lowest BCUT2D eigenvalue weighted by atomic mass is 10.2. The van der Waals surface area contributed by atoms with E-state index in [1.54, 1.807) is 12.3 Å². The van der Waals surface area contributed by atoms with Crippen LogP contribution in [-0.4, -0.2) is 48.9 Å². The van der Waals surface area contributed by atoms with Crippen LogP contribution in [0.5, 0.6) is 0 Å². The van der Waals surface area contributed by atoms with Gasteiger partial charge < -0.3 is 20.5 Å². The molecule has 20 heavy (non-hydrogen) atoms. The Morgan fingerprint density at radius 3 is 2.75 bits per heavy atom. The fourth-order valence-corrected chi connectivity index (χ4v) is 1.85. The minimum absolute atomic E-state index is 0.438. The van der Waals surface area contributed by atoms with Gasteiger partial charge in [0.15, 0.2) is 0 Å². The molecule has 106 valence electrons. The third-order valence-corrected chi connectivity index (χ3v) is 2.89. The molecule has 0 unspecified atom stereocenters. The van der Waals surface area contributed by atoms with Crippen molar-refractivity contribution in [3.05, 3.63) is 30.5 Å². The van der Waals surface area contributed by atoms with E-state index in [0.29, 0.717) is 18.8 Å². The number of likely N-dealkylation sites (N-methyl/N-ethyl adjacent to an activating group) is 1. The zero-order valence-electron chi connectivity index (χ0n) is 11.6. The van der Waals surface area contributed by atoms with Gasteiger partial charge in [-0.3, -0.25) is 9.59 Å². The lowest BCUT2D eigenvalue weighted by Crippen LogP contribution is -2.38. The molecule has 0 atom stereocenters. The number of carbonyl (C=O) groups excluding carboxylic acids is 2. The molecule has 3 N–H and O–H groups in total. The first-order chi connectivity index (χ1) is 9.58. The van der Waals surface area contributed by atoms with Crippen LogP contribution in [0.3, 0.4) is 0 Å². The summed E-state index contributed by atoms with van der Waals surface area (Å²) in [5.41, 5.74) is 1.53. The van der Waals surface area contributed by atoms with Gasteiger partial charge in [-0.2, -0.15) is 0 Å². The van der Waals surface area contributed by atoms with Crippen molar-refractivity contribution < 1.29 is 9.59 Å². The molecule has 6 heteroatoms. The molecule has 0 aliphatic rings. The second kappa shape index (κ2) is 6.21. The number of hydrogen-bond acceptors (Lipinski definition) is 3. The molecule has 0 aliphatic heterocycles. The summed E-state index contributed by atoms with van der Waals surface area (Å²) in [5, 5.41) is 6.08. The zero-order chi connectivity index (χ0) is 14.5. The number of carbonyl (C=O) groups is 2. The first-order valence-corrected chi connectivity index (χ1v) is 6.38. The Balaban J connectivity index is 1.97. The number of rotatable bonds is 4. The largest absolute Gasteiger partial charge is 0.361 e. The first kappa shape index (κ1) is 14.1. The van der Waals surface area contributed by atoms with Crippen molar-refractivity contribution in [3.8, 4) is 0 Å². The van der Waals surface area contributed by atoms with E-state index < -0.39 is 11.8 Å². The fraction of sp³-hybridized carbons (Fsp3) is 0.286. The van der Waals surface area contributed by atoms with Crippen LogP contribution in [0.2, 0.25) is 0 Å². The molecule has 0 radical (unpaired) electrons. The fourth-order valence-electron chi connectivity index (χ4n) is 1.85. The predicted octanol–water partition coefficient (Wildman–Crippen LogP) is 0.784. The lowest BCUT2D eigenvalue weighted by Gasteiger charge is -2.10. The molecule has 2 amide bonds. The van der Waals surface area contributed by atoms with Crippen LogP contribution in [-0.2, 0) is 9.59 Å². The Kier molecular flexibility index (Phi) is 4.37. The minimum atomic E-state index is -0.655. The number of aromatic nitrogens is 1. The second-order valence-electron chi connectivity index (χ2n) is 4.76. The molecule has 2 rings (SSSR count). The zero-order valence-corrected chi connectivity index (χ0v) is 11.6. The highest BCUT2D eigenvalue weighted by Crippen LogP contribution is 2.21. The van der Waals surface area contributed by atoms with E-state index in [9.17, 15) is 9.59 Å². The van der Waals surface area contributed by atoms with Gasteiger partial charge in [0.25, 0.3) is 0 Å². The molecule has 0 bridgehead atoms. The summed E-state index contributed by atoms with van der Waals surface area (Å²) >= 11 is 0. The van der Waals surface area contributed by atoms with Gasteiger partial charge >= 0.3 is 11.8 Å². The average Bonchev–Trinajstić information content (AvgIpc) is 2.87. The van der Waals surface area contributed by atoms with Crippen molar-refractivity contribution in [1.82, 2.24) is 15.2 Å². The Labute approximate surface area is 117 Å². The normalized spacial score (nSPS) is 10.8. The van der Waals surface area contributed by atoms with Gasteiger partial charge in [-0.05, 0) is 32.3 Å². The van der Waals surface area contributed by atoms with E-state index in [-0.39, 0.29) is 0 Å². The van der Waals surface area contributed by atoms with E-state index in [4.69, 9.17) is 0 Å². The molecule has 0 spiro atoms. The van der Waals surface area contributed by atoms with Crippen LogP contribution < -0.4 is 10.6 Å².